The van der Waals surface area contributed by atoms with Crippen LogP contribution >= 0.6 is 11.3 Å². The summed E-state index contributed by atoms with van der Waals surface area (Å²) in [5, 5.41) is 7.41. The topological polar surface area (TPSA) is 40.7 Å². The molecule has 3 nitrogen and oxygen atoms in total. The molecule has 0 radical (unpaired) electrons. The maximum Gasteiger partial charge on any atom is 0.201 e. The van der Waals surface area contributed by atoms with E-state index in [1.807, 2.05) is 0 Å². The highest BCUT2D eigenvalue weighted by Gasteiger charge is 2.03. The van der Waals surface area contributed by atoms with E-state index < -0.39 is 0 Å². The van der Waals surface area contributed by atoms with E-state index in [4.69, 9.17) is 0 Å². The number of aromatic amines is 1. The van der Waals surface area contributed by atoms with Crippen molar-refractivity contribution in [2.45, 2.75) is 6.42 Å². The largest absolute Gasteiger partial charge is 0.355 e. The predicted molar refractivity (Wildman–Crippen MR) is 72.6 cm³/mol. The average Bonchev–Trinajstić information content (AvgIpc) is 2.97. The summed E-state index contributed by atoms with van der Waals surface area (Å²) >= 11 is 1.70. The van der Waals surface area contributed by atoms with E-state index in [1.165, 1.54) is 17.7 Å². The molecule has 0 spiro atoms. The van der Waals surface area contributed by atoms with Gasteiger partial charge in [0.25, 0.3) is 0 Å². The first-order valence-electron chi connectivity index (χ1n) is 5.71. The molecular formula is C13H12FN3S. The Hall–Kier alpha value is -1.88. The van der Waals surface area contributed by atoms with Gasteiger partial charge in [-0.2, -0.15) is 11.3 Å². The van der Waals surface area contributed by atoms with Crippen LogP contribution in [0.3, 0.4) is 0 Å². The first-order chi connectivity index (χ1) is 8.81. The van der Waals surface area contributed by atoms with Gasteiger partial charge in [-0.1, -0.05) is 0 Å². The maximum atomic E-state index is 13.0. The van der Waals surface area contributed by atoms with Crippen LogP contribution in [0.25, 0.3) is 11.0 Å². The van der Waals surface area contributed by atoms with Crippen molar-refractivity contribution in [1.82, 2.24) is 9.97 Å². The summed E-state index contributed by atoms with van der Waals surface area (Å²) in [4.78, 5) is 7.40. The van der Waals surface area contributed by atoms with E-state index in [0.29, 0.717) is 11.5 Å². The van der Waals surface area contributed by atoms with Crippen molar-refractivity contribution in [3.05, 3.63) is 46.4 Å². The zero-order valence-corrected chi connectivity index (χ0v) is 10.4. The third-order valence-corrected chi connectivity index (χ3v) is 3.46. The van der Waals surface area contributed by atoms with Crippen molar-refractivity contribution >= 4 is 28.3 Å². The van der Waals surface area contributed by atoms with Gasteiger partial charge in [0.05, 0.1) is 11.0 Å². The number of imidazole rings is 1. The van der Waals surface area contributed by atoms with Crippen LogP contribution < -0.4 is 5.32 Å². The maximum absolute atomic E-state index is 13.0. The van der Waals surface area contributed by atoms with Crippen LogP contribution in [-0.4, -0.2) is 16.5 Å². The normalized spacial score (nSPS) is 10.9. The van der Waals surface area contributed by atoms with Crippen LogP contribution in [0, 0.1) is 5.82 Å². The van der Waals surface area contributed by atoms with E-state index in [0.717, 1.165) is 18.5 Å². The SMILES string of the molecule is Fc1ccc2nc(NCCc3ccsc3)[nH]c2c1. The monoisotopic (exact) mass is 261 g/mol. The van der Waals surface area contributed by atoms with E-state index >= 15 is 0 Å². The van der Waals surface area contributed by atoms with Gasteiger partial charge in [-0.25, -0.2) is 9.37 Å². The number of hydrogen-bond acceptors (Lipinski definition) is 3. The van der Waals surface area contributed by atoms with Crippen molar-refractivity contribution in [2.75, 3.05) is 11.9 Å². The molecule has 3 rings (SSSR count). The second kappa shape index (κ2) is 4.78. The number of aromatic nitrogens is 2. The summed E-state index contributed by atoms with van der Waals surface area (Å²) in [7, 11) is 0. The van der Waals surface area contributed by atoms with E-state index in [2.05, 4.69) is 32.1 Å². The Morgan fingerprint density at radius 2 is 2.28 bits per heavy atom. The molecule has 0 atom stereocenters. The quantitative estimate of drug-likeness (QED) is 0.755. The first-order valence-corrected chi connectivity index (χ1v) is 6.66. The van der Waals surface area contributed by atoms with Gasteiger partial charge in [0.15, 0.2) is 0 Å². The number of thiophene rings is 1. The van der Waals surface area contributed by atoms with Crippen molar-refractivity contribution in [1.29, 1.82) is 0 Å². The molecule has 0 amide bonds. The lowest BCUT2D eigenvalue weighted by Crippen LogP contribution is -2.05. The molecule has 0 saturated heterocycles. The second-order valence-corrected chi connectivity index (χ2v) is 4.84. The van der Waals surface area contributed by atoms with Crippen LogP contribution in [0.1, 0.15) is 5.56 Å². The lowest BCUT2D eigenvalue weighted by molar-refractivity contribution is 0.629. The van der Waals surface area contributed by atoms with E-state index in [9.17, 15) is 4.39 Å². The second-order valence-electron chi connectivity index (χ2n) is 4.06. The lowest BCUT2D eigenvalue weighted by Gasteiger charge is -2.00. The molecule has 2 heterocycles. The molecule has 0 bridgehead atoms. The molecule has 0 aliphatic rings. The molecular weight excluding hydrogens is 249 g/mol. The Morgan fingerprint density at radius 3 is 3.11 bits per heavy atom. The Morgan fingerprint density at radius 1 is 1.33 bits per heavy atom. The number of nitrogens with one attached hydrogen (secondary N) is 2. The number of halogens is 1. The standard InChI is InChI=1S/C13H12FN3S/c14-10-1-2-11-12(7-10)17-13(16-11)15-5-3-9-4-6-18-8-9/h1-2,4,6-8H,3,5H2,(H2,15,16,17). The Labute approximate surface area is 108 Å². The molecule has 2 aromatic heterocycles. The summed E-state index contributed by atoms with van der Waals surface area (Å²) in [5.41, 5.74) is 2.80. The molecule has 92 valence electrons. The summed E-state index contributed by atoms with van der Waals surface area (Å²) in [5.74, 6) is 0.432. The highest BCUT2D eigenvalue weighted by molar-refractivity contribution is 7.07. The highest BCUT2D eigenvalue weighted by atomic mass is 32.1. The average molecular weight is 261 g/mol. The summed E-state index contributed by atoms with van der Waals surface area (Å²) in [6.07, 6.45) is 0.953. The Kier molecular flexibility index (Phi) is 2.98. The van der Waals surface area contributed by atoms with E-state index in [-0.39, 0.29) is 5.82 Å². The molecule has 18 heavy (non-hydrogen) atoms. The minimum atomic E-state index is -0.254. The number of anilines is 1. The molecule has 0 saturated carbocycles. The van der Waals surface area contributed by atoms with Crippen LogP contribution in [0.2, 0.25) is 0 Å². The van der Waals surface area contributed by atoms with Gasteiger partial charge in [0, 0.05) is 6.54 Å². The fraction of sp³-hybridized carbons (Fsp3) is 0.154. The molecule has 5 heteroatoms. The van der Waals surface area contributed by atoms with Crippen molar-refractivity contribution in [3.8, 4) is 0 Å². The van der Waals surface area contributed by atoms with Crippen LogP contribution in [0.4, 0.5) is 10.3 Å². The number of nitrogens with zero attached hydrogens (tertiary/aromatic N) is 1. The smallest absolute Gasteiger partial charge is 0.201 e. The predicted octanol–water partition coefficient (Wildman–Crippen LogP) is 3.42. The van der Waals surface area contributed by atoms with Crippen LogP contribution in [0.5, 0.6) is 0 Å². The third kappa shape index (κ3) is 2.36. The molecule has 0 aliphatic carbocycles. The van der Waals surface area contributed by atoms with Gasteiger partial charge in [-0.15, -0.1) is 0 Å². The van der Waals surface area contributed by atoms with Gasteiger partial charge in [-0.05, 0) is 47.0 Å². The third-order valence-electron chi connectivity index (χ3n) is 2.73. The van der Waals surface area contributed by atoms with Gasteiger partial charge in [-0.3, -0.25) is 0 Å². The number of benzene rings is 1. The minimum Gasteiger partial charge on any atom is -0.355 e. The van der Waals surface area contributed by atoms with Crippen LogP contribution in [0.15, 0.2) is 35.0 Å². The molecule has 2 N–H and O–H groups in total. The minimum absolute atomic E-state index is 0.254. The summed E-state index contributed by atoms with van der Waals surface area (Å²) in [6.45, 7) is 0.805. The van der Waals surface area contributed by atoms with Gasteiger partial charge >= 0.3 is 0 Å². The highest BCUT2D eigenvalue weighted by Crippen LogP contribution is 2.15. The van der Waals surface area contributed by atoms with Gasteiger partial charge < -0.3 is 10.3 Å². The molecule has 1 aromatic carbocycles. The number of hydrogen-bond donors (Lipinski definition) is 2. The Balaban J connectivity index is 1.67. The molecule has 3 aromatic rings. The summed E-state index contributed by atoms with van der Waals surface area (Å²) < 4.78 is 13.0. The molecule has 0 aliphatic heterocycles. The van der Waals surface area contributed by atoms with Gasteiger partial charge in [0.2, 0.25) is 5.95 Å². The summed E-state index contributed by atoms with van der Waals surface area (Å²) in [6, 6.07) is 6.65. The van der Waals surface area contributed by atoms with Crippen molar-refractivity contribution in [2.24, 2.45) is 0 Å². The first kappa shape index (κ1) is 11.2. The molecule has 0 unspecified atom stereocenters. The Bertz CT molecular complexity index is 645. The van der Waals surface area contributed by atoms with E-state index in [1.54, 1.807) is 17.4 Å². The zero-order valence-electron chi connectivity index (χ0n) is 9.61. The fourth-order valence-electron chi connectivity index (χ4n) is 1.83. The molecule has 0 fully saturated rings. The fourth-order valence-corrected chi connectivity index (χ4v) is 2.53. The van der Waals surface area contributed by atoms with Crippen LogP contribution in [-0.2, 0) is 6.42 Å². The number of fused-ring (bicyclic) bond motifs is 1. The zero-order chi connectivity index (χ0) is 12.4. The lowest BCUT2D eigenvalue weighted by atomic mass is 10.2. The number of rotatable bonds is 4. The van der Waals surface area contributed by atoms with Crippen molar-refractivity contribution in [3.63, 3.8) is 0 Å². The van der Waals surface area contributed by atoms with Gasteiger partial charge in [0.1, 0.15) is 5.82 Å². The van der Waals surface area contributed by atoms with Crippen molar-refractivity contribution < 1.29 is 4.39 Å². The number of H-pyrrole nitrogens is 1.